The molecular formula is C52H50N6+2. The molecule has 0 saturated carbocycles. The zero-order valence-corrected chi connectivity index (χ0v) is 33.1. The van der Waals surface area contributed by atoms with Gasteiger partial charge in [0, 0.05) is 60.5 Å². The second-order valence-electron chi connectivity index (χ2n) is 14.9. The van der Waals surface area contributed by atoms with E-state index < -0.39 is 0 Å². The van der Waals surface area contributed by atoms with E-state index in [9.17, 15) is 0 Å². The number of anilines is 3. The Morgan fingerprint density at radius 3 is 1.33 bits per heavy atom. The van der Waals surface area contributed by atoms with Gasteiger partial charge in [-0.25, -0.2) is 0 Å². The summed E-state index contributed by atoms with van der Waals surface area (Å²) in [5, 5.41) is 11.3. The molecule has 6 heteroatoms. The van der Waals surface area contributed by atoms with Crippen molar-refractivity contribution in [3.8, 4) is 0 Å². The summed E-state index contributed by atoms with van der Waals surface area (Å²) in [5.41, 5.74) is 15.8. The first-order valence-electron chi connectivity index (χ1n) is 20.1. The summed E-state index contributed by atoms with van der Waals surface area (Å²) in [6.45, 7) is 2.12. The van der Waals surface area contributed by atoms with E-state index in [4.69, 9.17) is 9.98 Å². The van der Waals surface area contributed by atoms with Crippen LogP contribution in [-0.2, 0) is 0 Å². The molecule has 0 fully saturated rings. The van der Waals surface area contributed by atoms with Gasteiger partial charge in [-0.15, -0.1) is 0 Å². The third-order valence-electron chi connectivity index (χ3n) is 10.4. The topological polar surface area (TPSA) is 82.0 Å². The quantitative estimate of drug-likeness (QED) is 0.115. The van der Waals surface area contributed by atoms with Crippen molar-refractivity contribution in [2.75, 3.05) is 17.7 Å². The fourth-order valence-corrected chi connectivity index (χ4v) is 7.03. The van der Waals surface area contributed by atoms with Gasteiger partial charge in [-0.05, 0) is 151 Å². The summed E-state index contributed by atoms with van der Waals surface area (Å²) in [4.78, 5) is 9.68. The van der Waals surface area contributed by atoms with Crippen molar-refractivity contribution in [1.82, 2.24) is 0 Å². The Labute approximate surface area is 342 Å². The molecule has 0 saturated heterocycles. The predicted octanol–water partition coefficient (Wildman–Crippen LogP) is 10.3. The zero-order chi connectivity index (χ0) is 39.5. The Hall–Kier alpha value is -6.86. The SMILES string of the molecule is CNc1ccc(N=C2C=CC(C=C3C=CC([NH2+]c4ccc(Nc5ccc(N=C6C=CC(C=C7C=CC([NH2+]c8ccc(C)cc8)C=C7)=CC6)cc5)cc4)C=C3)=CC2)cc1. The van der Waals surface area contributed by atoms with E-state index in [0.717, 1.165) is 52.7 Å². The van der Waals surface area contributed by atoms with Crippen LogP contribution in [0, 0.1) is 6.92 Å². The highest BCUT2D eigenvalue weighted by Crippen LogP contribution is 2.24. The second-order valence-corrected chi connectivity index (χ2v) is 14.9. The fourth-order valence-electron chi connectivity index (χ4n) is 7.03. The molecule has 0 unspecified atom stereocenters. The molecule has 4 aromatic carbocycles. The molecule has 8 rings (SSSR count). The van der Waals surface area contributed by atoms with E-state index >= 15 is 0 Å². The molecule has 4 aliphatic carbocycles. The summed E-state index contributed by atoms with van der Waals surface area (Å²) in [6, 6.07) is 34.3. The minimum Gasteiger partial charge on any atom is -0.388 e. The maximum atomic E-state index is 4.90. The van der Waals surface area contributed by atoms with Crippen LogP contribution in [0.5, 0.6) is 0 Å². The maximum absolute atomic E-state index is 4.90. The van der Waals surface area contributed by atoms with Crippen LogP contribution in [0.2, 0.25) is 0 Å². The van der Waals surface area contributed by atoms with Crippen molar-refractivity contribution in [3.63, 3.8) is 0 Å². The third kappa shape index (κ3) is 10.7. The van der Waals surface area contributed by atoms with Crippen molar-refractivity contribution >= 4 is 51.2 Å². The van der Waals surface area contributed by atoms with Crippen LogP contribution in [0.4, 0.5) is 39.8 Å². The Morgan fingerprint density at radius 1 is 0.500 bits per heavy atom. The molecular weight excluding hydrogens is 709 g/mol. The molecule has 0 bridgehead atoms. The van der Waals surface area contributed by atoms with E-state index in [-0.39, 0.29) is 6.04 Å². The van der Waals surface area contributed by atoms with Crippen LogP contribution < -0.4 is 21.3 Å². The maximum Gasteiger partial charge on any atom is 0.130 e. The number of nitrogens with two attached hydrogens (primary N) is 2. The van der Waals surface area contributed by atoms with Gasteiger partial charge in [0.1, 0.15) is 23.5 Å². The zero-order valence-electron chi connectivity index (χ0n) is 33.1. The highest BCUT2D eigenvalue weighted by atomic mass is 14.9. The number of benzene rings is 4. The average molecular weight is 759 g/mol. The van der Waals surface area contributed by atoms with Crippen molar-refractivity contribution in [2.24, 2.45) is 9.98 Å². The number of hydrogen-bond acceptors (Lipinski definition) is 4. The molecule has 6 nitrogen and oxygen atoms in total. The highest BCUT2D eigenvalue weighted by molar-refractivity contribution is 6.00. The minimum absolute atomic E-state index is 0.250. The summed E-state index contributed by atoms with van der Waals surface area (Å²) in [7, 11) is 1.92. The number of nitrogens with one attached hydrogen (secondary N) is 2. The lowest BCUT2D eigenvalue weighted by atomic mass is 9.99. The number of nitrogens with zero attached hydrogens (tertiary/aromatic N) is 2. The first-order valence-corrected chi connectivity index (χ1v) is 20.1. The molecule has 286 valence electrons. The normalized spacial score (nSPS) is 19.7. The molecule has 0 heterocycles. The van der Waals surface area contributed by atoms with Crippen LogP contribution in [0.25, 0.3) is 0 Å². The smallest absolute Gasteiger partial charge is 0.130 e. The lowest BCUT2D eigenvalue weighted by Gasteiger charge is -2.13. The molecule has 6 N–H and O–H groups in total. The monoisotopic (exact) mass is 758 g/mol. The van der Waals surface area contributed by atoms with E-state index in [1.165, 1.54) is 39.2 Å². The minimum atomic E-state index is 0.250. The Bertz CT molecular complexity index is 2450. The van der Waals surface area contributed by atoms with Crippen molar-refractivity contribution in [3.05, 3.63) is 222 Å². The van der Waals surface area contributed by atoms with E-state index in [2.05, 4.69) is 198 Å². The lowest BCUT2D eigenvalue weighted by molar-refractivity contribution is -0.588. The summed E-state index contributed by atoms with van der Waals surface area (Å²) >= 11 is 0. The Morgan fingerprint density at radius 2 is 0.914 bits per heavy atom. The molecule has 4 aliphatic rings. The van der Waals surface area contributed by atoms with Crippen LogP contribution in [0.3, 0.4) is 0 Å². The summed E-state index contributed by atoms with van der Waals surface area (Å²) in [5.74, 6) is 0. The summed E-state index contributed by atoms with van der Waals surface area (Å²) in [6.07, 6.45) is 37.0. The van der Waals surface area contributed by atoms with Crippen molar-refractivity contribution in [1.29, 1.82) is 0 Å². The van der Waals surface area contributed by atoms with Crippen LogP contribution in [0.1, 0.15) is 18.4 Å². The molecule has 0 amide bonds. The molecule has 0 atom stereocenters. The largest absolute Gasteiger partial charge is 0.388 e. The third-order valence-corrected chi connectivity index (χ3v) is 10.4. The first-order chi connectivity index (χ1) is 28.5. The number of rotatable bonds is 11. The molecule has 0 spiro atoms. The first kappa shape index (κ1) is 38.0. The number of aliphatic imine (C=N–C) groups is 2. The van der Waals surface area contributed by atoms with Gasteiger partial charge in [0.2, 0.25) is 0 Å². The van der Waals surface area contributed by atoms with Gasteiger partial charge in [-0.1, -0.05) is 66.3 Å². The van der Waals surface area contributed by atoms with Gasteiger partial charge >= 0.3 is 0 Å². The van der Waals surface area contributed by atoms with Gasteiger partial charge < -0.3 is 21.3 Å². The van der Waals surface area contributed by atoms with E-state index in [0.29, 0.717) is 6.04 Å². The highest BCUT2D eigenvalue weighted by Gasteiger charge is 2.12. The van der Waals surface area contributed by atoms with Crippen LogP contribution in [-0.4, -0.2) is 30.6 Å². The summed E-state index contributed by atoms with van der Waals surface area (Å²) < 4.78 is 0. The number of hydrogen-bond donors (Lipinski definition) is 4. The van der Waals surface area contributed by atoms with E-state index in [1.54, 1.807) is 0 Å². The molecule has 0 aliphatic heterocycles. The second kappa shape index (κ2) is 18.4. The fraction of sp³-hybridized carbons (Fsp3) is 0.115. The molecule has 0 aromatic heterocycles. The lowest BCUT2D eigenvalue weighted by Crippen LogP contribution is -2.83. The molecule has 58 heavy (non-hydrogen) atoms. The van der Waals surface area contributed by atoms with Crippen molar-refractivity contribution < 1.29 is 10.6 Å². The Balaban J connectivity index is 0.772. The average Bonchev–Trinajstić information content (AvgIpc) is 3.26. The standard InChI is InChI=1S/C52H48N6/c1-37-3-13-43(14-4-37)54-44-15-5-38(6-16-44)35-40-9-19-46(20-10-40)56-49-27-31-51(32-28-49)58-52-33-29-50(30-34-52)57-47-21-11-41(12-22-47)36-39-7-17-45(18-8-39)55-48-25-23-42(53-2)24-26-48/h3-17,19,21-36,44,47,53-54,57-58H,18,20H2,1-2H3/p+2. The van der Waals surface area contributed by atoms with Crippen molar-refractivity contribution in [2.45, 2.75) is 31.8 Å². The van der Waals surface area contributed by atoms with Gasteiger partial charge in [0.15, 0.2) is 0 Å². The predicted molar refractivity (Wildman–Crippen MR) is 245 cm³/mol. The Kier molecular flexibility index (Phi) is 12.1. The van der Waals surface area contributed by atoms with Gasteiger partial charge in [0.05, 0.1) is 11.4 Å². The molecule has 0 radical (unpaired) electrons. The molecule has 4 aromatic rings. The van der Waals surface area contributed by atoms with E-state index in [1.807, 2.05) is 31.3 Å². The number of allylic oxidation sites excluding steroid dienone is 16. The van der Waals surface area contributed by atoms with Crippen LogP contribution in [0.15, 0.2) is 227 Å². The van der Waals surface area contributed by atoms with Gasteiger partial charge in [-0.2, -0.15) is 0 Å². The van der Waals surface area contributed by atoms with Gasteiger partial charge in [-0.3, -0.25) is 9.98 Å². The van der Waals surface area contributed by atoms with Crippen LogP contribution >= 0.6 is 0 Å². The van der Waals surface area contributed by atoms with Gasteiger partial charge in [0.25, 0.3) is 0 Å². The number of aryl methyl sites for hydroxylation is 1. The number of quaternary nitrogens is 2.